The van der Waals surface area contributed by atoms with Crippen molar-refractivity contribution in [2.45, 2.75) is 13.5 Å². The van der Waals surface area contributed by atoms with E-state index in [1.54, 1.807) is 11.3 Å². The Morgan fingerprint density at radius 1 is 1.28 bits per heavy atom. The molecule has 0 bridgehead atoms. The normalized spacial score (nSPS) is 9.67. The maximum absolute atomic E-state index is 5.70. The predicted molar refractivity (Wildman–Crippen MR) is 75.8 cm³/mol. The van der Waals surface area contributed by atoms with Crippen LogP contribution in [-0.2, 0) is 6.61 Å². The molecule has 1 heterocycles. The molecule has 0 aliphatic rings. The first-order valence-corrected chi connectivity index (χ1v) is 6.62. The molecule has 1 aromatic heterocycles. The van der Waals surface area contributed by atoms with Crippen LogP contribution in [0.5, 0.6) is 5.75 Å². The van der Waals surface area contributed by atoms with Gasteiger partial charge in [0.1, 0.15) is 12.4 Å². The Hall–Kier alpha value is -1.76. The molecule has 0 saturated carbocycles. The average Bonchev–Trinajstić information content (AvgIpc) is 2.84. The number of ether oxygens (including phenoxy) is 1. The second-order valence-electron chi connectivity index (χ2n) is 3.91. The van der Waals surface area contributed by atoms with Crippen molar-refractivity contribution in [1.29, 1.82) is 0 Å². The monoisotopic (exact) mass is 257 g/mol. The lowest BCUT2D eigenvalue weighted by molar-refractivity contribution is 0.310. The number of rotatable bonds is 3. The Kier molecular flexibility index (Phi) is 4.40. The summed E-state index contributed by atoms with van der Waals surface area (Å²) in [6, 6.07) is 10.1. The van der Waals surface area contributed by atoms with E-state index in [1.165, 1.54) is 5.56 Å². The third-order valence-corrected chi connectivity index (χ3v) is 3.30. The molecule has 0 fully saturated rings. The predicted octanol–water partition coefficient (Wildman–Crippen LogP) is 2.95. The van der Waals surface area contributed by atoms with Gasteiger partial charge in [0, 0.05) is 15.8 Å². The van der Waals surface area contributed by atoms with Crippen molar-refractivity contribution in [2.75, 3.05) is 6.54 Å². The van der Waals surface area contributed by atoms with Crippen molar-refractivity contribution >= 4 is 11.3 Å². The third kappa shape index (κ3) is 3.63. The summed E-state index contributed by atoms with van der Waals surface area (Å²) in [4.78, 5) is 1.16. The quantitative estimate of drug-likeness (QED) is 0.858. The van der Waals surface area contributed by atoms with E-state index in [0.29, 0.717) is 13.2 Å². The van der Waals surface area contributed by atoms with Crippen LogP contribution in [0.2, 0.25) is 0 Å². The van der Waals surface area contributed by atoms with Crippen LogP contribution in [-0.4, -0.2) is 6.54 Å². The first-order chi connectivity index (χ1) is 8.78. The van der Waals surface area contributed by atoms with Crippen LogP contribution in [0, 0.1) is 18.8 Å². The van der Waals surface area contributed by atoms with Gasteiger partial charge in [0.15, 0.2) is 0 Å². The summed E-state index contributed by atoms with van der Waals surface area (Å²) in [5, 5.41) is 2.02. The number of aryl methyl sites for hydroxylation is 1. The maximum Gasteiger partial charge on any atom is 0.122 e. The largest absolute Gasteiger partial charge is 0.488 e. The van der Waals surface area contributed by atoms with Crippen LogP contribution in [0.25, 0.3) is 0 Å². The molecule has 0 aliphatic heterocycles. The van der Waals surface area contributed by atoms with Crippen molar-refractivity contribution in [2.24, 2.45) is 5.73 Å². The minimum absolute atomic E-state index is 0.394. The molecule has 2 aromatic rings. The fraction of sp³-hybridized carbons (Fsp3) is 0.200. The second-order valence-corrected chi connectivity index (χ2v) is 4.91. The van der Waals surface area contributed by atoms with Crippen molar-refractivity contribution in [1.82, 2.24) is 0 Å². The molecular formula is C15H15NOS. The molecule has 2 nitrogen and oxygen atoms in total. The number of nitrogens with two attached hydrogens (primary N) is 1. The summed E-state index contributed by atoms with van der Waals surface area (Å²) >= 11 is 1.65. The molecule has 3 heteroatoms. The molecule has 0 saturated heterocycles. The Balaban J connectivity index is 1.94. The summed E-state index contributed by atoms with van der Waals surface area (Å²) in [6.45, 7) is 3.04. The van der Waals surface area contributed by atoms with Gasteiger partial charge in [-0.2, -0.15) is 0 Å². The Morgan fingerprint density at radius 2 is 2.06 bits per heavy atom. The maximum atomic E-state index is 5.70. The fourth-order valence-corrected chi connectivity index (χ4v) is 2.19. The first kappa shape index (κ1) is 12.7. The van der Waals surface area contributed by atoms with Gasteiger partial charge in [0.05, 0.1) is 6.54 Å². The summed E-state index contributed by atoms with van der Waals surface area (Å²) < 4.78 is 5.70. The van der Waals surface area contributed by atoms with Crippen molar-refractivity contribution in [3.8, 4) is 17.6 Å². The molecule has 92 valence electrons. The number of benzene rings is 1. The summed E-state index contributed by atoms with van der Waals surface area (Å²) in [6.07, 6.45) is 0. The van der Waals surface area contributed by atoms with Gasteiger partial charge >= 0.3 is 0 Å². The second kappa shape index (κ2) is 6.25. The van der Waals surface area contributed by atoms with Crippen molar-refractivity contribution < 1.29 is 4.74 Å². The molecule has 2 N–H and O–H groups in total. The van der Waals surface area contributed by atoms with Gasteiger partial charge in [-0.25, -0.2) is 0 Å². The molecule has 18 heavy (non-hydrogen) atoms. The molecule has 2 rings (SSSR count). The summed E-state index contributed by atoms with van der Waals surface area (Å²) in [5.41, 5.74) is 7.58. The van der Waals surface area contributed by atoms with Crippen molar-refractivity contribution in [3.63, 3.8) is 0 Å². The molecule has 0 radical (unpaired) electrons. The molecule has 1 aromatic carbocycles. The SMILES string of the molecule is Cc1ccc(OCc2cc(C#CCN)cs2)cc1. The number of hydrogen-bond acceptors (Lipinski definition) is 3. The molecule has 0 amide bonds. The van der Waals surface area contributed by atoms with E-state index in [2.05, 4.69) is 18.8 Å². The van der Waals surface area contributed by atoms with Gasteiger partial charge < -0.3 is 10.5 Å². The minimum Gasteiger partial charge on any atom is -0.488 e. The molecule has 0 aliphatic carbocycles. The summed E-state index contributed by atoms with van der Waals surface area (Å²) in [5.74, 6) is 6.74. The highest BCUT2D eigenvalue weighted by Gasteiger charge is 1.99. The molecule has 0 unspecified atom stereocenters. The van der Waals surface area contributed by atoms with Crippen LogP contribution in [0.1, 0.15) is 16.0 Å². The summed E-state index contributed by atoms with van der Waals surface area (Å²) in [7, 11) is 0. The van der Waals surface area contributed by atoms with E-state index in [4.69, 9.17) is 10.5 Å². The van der Waals surface area contributed by atoms with Crippen LogP contribution < -0.4 is 10.5 Å². The Labute approximate surface area is 111 Å². The van der Waals surface area contributed by atoms with Crippen LogP contribution in [0.3, 0.4) is 0 Å². The highest BCUT2D eigenvalue weighted by atomic mass is 32.1. The number of hydrogen-bond donors (Lipinski definition) is 1. The molecule has 0 spiro atoms. The van der Waals surface area contributed by atoms with E-state index in [1.807, 2.05) is 35.7 Å². The van der Waals surface area contributed by atoms with Crippen LogP contribution in [0.4, 0.5) is 0 Å². The molecule has 0 atom stereocenters. The van der Waals surface area contributed by atoms with Crippen LogP contribution >= 0.6 is 11.3 Å². The zero-order valence-electron chi connectivity index (χ0n) is 10.3. The lowest BCUT2D eigenvalue weighted by Gasteiger charge is -2.04. The Bertz CT molecular complexity index is 560. The first-order valence-electron chi connectivity index (χ1n) is 5.74. The number of thiophene rings is 1. The lowest BCUT2D eigenvalue weighted by Crippen LogP contribution is -1.93. The zero-order valence-corrected chi connectivity index (χ0v) is 11.1. The zero-order chi connectivity index (χ0) is 12.8. The minimum atomic E-state index is 0.394. The van der Waals surface area contributed by atoms with Crippen LogP contribution in [0.15, 0.2) is 35.7 Å². The van der Waals surface area contributed by atoms with Gasteiger partial charge in [-0.15, -0.1) is 11.3 Å². The molecular weight excluding hydrogens is 242 g/mol. The van der Waals surface area contributed by atoms with Gasteiger partial charge in [-0.3, -0.25) is 0 Å². The standard InChI is InChI=1S/C15H15NOS/c1-12-4-6-14(7-5-12)17-10-15-9-13(11-18-15)3-2-8-16/h4-7,9,11H,8,10,16H2,1H3. The van der Waals surface area contributed by atoms with Gasteiger partial charge in [-0.1, -0.05) is 29.5 Å². The fourth-order valence-electron chi connectivity index (χ4n) is 1.46. The Morgan fingerprint density at radius 3 is 2.78 bits per heavy atom. The van der Waals surface area contributed by atoms with E-state index in [9.17, 15) is 0 Å². The van der Waals surface area contributed by atoms with Gasteiger partial charge in [-0.05, 0) is 25.1 Å². The highest BCUT2D eigenvalue weighted by Crippen LogP contribution is 2.18. The lowest BCUT2D eigenvalue weighted by atomic mass is 10.2. The van der Waals surface area contributed by atoms with Crippen molar-refractivity contribution in [3.05, 3.63) is 51.7 Å². The van der Waals surface area contributed by atoms with Gasteiger partial charge in [0.25, 0.3) is 0 Å². The van der Waals surface area contributed by atoms with Gasteiger partial charge in [0.2, 0.25) is 0 Å². The smallest absolute Gasteiger partial charge is 0.122 e. The topological polar surface area (TPSA) is 35.2 Å². The van der Waals surface area contributed by atoms with E-state index < -0.39 is 0 Å². The highest BCUT2D eigenvalue weighted by molar-refractivity contribution is 7.10. The van der Waals surface area contributed by atoms with E-state index in [-0.39, 0.29) is 0 Å². The third-order valence-electron chi connectivity index (χ3n) is 2.39. The average molecular weight is 257 g/mol. The van der Waals surface area contributed by atoms with E-state index in [0.717, 1.165) is 16.2 Å². The van der Waals surface area contributed by atoms with E-state index >= 15 is 0 Å².